The van der Waals surface area contributed by atoms with Crippen molar-refractivity contribution in [2.24, 2.45) is 5.14 Å². The minimum atomic E-state index is -4.05. The van der Waals surface area contributed by atoms with Crippen molar-refractivity contribution in [3.05, 3.63) is 83.5 Å². The zero-order valence-corrected chi connectivity index (χ0v) is 17.4. The van der Waals surface area contributed by atoms with E-state index in [1.807, 2.05) is 0 Å². The minimum absolute atomic E-state index is 0.0102. The summed E-state index contributed by atoms with van der Waals surface area (Å²) in [5.41, 5.74) is 0.404. The van der Waals surface area contributed by atoms with Crippen LogP contribution in [-0.2, 0) is 23.0 Å². The number of aromatic nitrogens is 3. The van der Waals surface area contributed by atoms with Gasteiger partial charge in [0.1, 0.15) is 23.1 Å². The molecule has 10 heteroatoms. The van der Waals surface area contributed by atoms with Crippen molar-refractivity contribution in [2.45, 2.75) is 24.3 Å². The summed E-state index contributed by atoms with van der Waals surface area (Å²) in [7, 11) is -4.05. The molecule has 2 heterocycles. The summed E-state index contributed by atoms with van der Waals surface area (Å²) >= 11 is 0. The number of halogens is 2. The van der Waals surface area contributed by atoms with Crippen LogP contribution in [0.2, 0.25) is 0 Å². The maximum atomic E-state index is 14.8. The molecule has 0 radical (unpaired) electrons. The number of nitrogens with zero attached hydrogens (tertiary/aromatic N) is 4. The van der Waals surface area contributed by atoms with Gasteiger partial charge in [0.2, 0.25) is 10.0 Å². The molecule has 1 aliphatic heterocycles. The Morgan fingerprint density at radius 1 is 1.06 bits per heavy atom. The van der Waals surface area contributed by atoms with Crippen molar-refractivity contribution in [1.29, 1.82) is 0 Å². The predicted octanol–water partition coefficient (Wildman–Crippen LogP) is 2.55. The Hall–Kier alpha value is -2.95. The van der Waals surface area contributed by atoms with Gasteiger partial charge in [0.15, 0.2) is 5.82 Å². The number of hydrogen-bond acceptors (Lipinski definition) is 5. The lowest BCUT2D eigenvalue weighted by molar-refractivity contribution is 0.283. The predicted molar refractivity (Wildman–Crippen MR) is 111 cm³/mol. The van der Waals surface area contributed by atoms with Gasteiger partial charge in [0.25, 0.3) is 0 Å². The molecule has 1 aromatic heterocycles. The summed E-state index contributed by atoms with van der Waals surface area (Å²) in [6.07, 6.45) is 5.18. The van der Waals surface area contributed by atoms with E-state index in [1.54, 1.807) is 18.2 Å². The molecule has 162 valence electrons. The van der Waals surface area contributed by atoms with Crippen LogP contribution in [0, 0.1) is 11.6 Å². The molecule has 31 heavy (non-hydrogen) atoms. The van der Waals surface area contributed by atoms with Crippen LogP contribution in [0.3, 0.4) is 0 Å². The lowest BCUT2D eigenvalue weighted by atomic mass is 10.1. The maximum absolute atomic E-state index is 14.8. The average Bonchev–Trinajstić information content (AvgIpc) is 3.11. The fourth-order valence-electron chi connectivity index (χ4n) is 3.45. The van der Waals surface area contributed by atoms with E-state index in [4.69, 9.17) is 5.14 Å². The third-order valence-electron chi connectivity index (χ3n) is 5.01. The van der Waals surface area contributed by atoms with Gasteiger partial charge in [-0.2, -0.15) is 0 Å². The number of primary sulfonamides is 1. The molecule has 3 aromatic rings. The van der Waals surface area contributed by atoms with Crippen LogP contribution in [0.25, 0.3) is 5.69 Å². The van der Waals surface area contributed by atoms with Gasteiger partial charge < -0.3 is 0 Å². The van der Waals surface area contributed by atoms with Crippen LogP contribution in [-0.4, -0.2) is 41.2 Å². The van der Waals surface area contributed by atoms with Gasteiger partial charge in [0.05, 0.1) is 11.4 Å². The third-order valence-corrected chi connectivity index (χ3v) is 5.92. The minimum Gasteiger partial charge on any atom is -0.292 e. The highest BCUT2D eigenvalue weighted by Gasteiger charge is 2.20. The van der Waals surface area contributed by atoms with Gasteiger partial charge in [0, 0.05) is 19.5 Å². The Balaban J connectivity index is 1.74. The number of sulfonamides is 1. The topological polar surface area (TPSA) is 94.1 Å². The van der Waals surface area contributed by atoms with E-state index < -0.39 is 21.7 Å². The summed E-state index contributed by atoms with van der Waals surface area (Å²) in [4.78, 5) is 6.34. The van der Waals surface area contributed by atoms with Gasteiger partial charge in [-0.05, 0) is 36.2 Å². The molecule has 0 unspecified atom stereocenters. The summed E-state index contributed by atoms with van der Waals surface area (Å²) in [6, 6.07) is 9.60. The molecule has 7 nitrogen and oxygen atoms in total. The Morgan fingerprint density at radius 3 is 2.55 bits per heavy atom. The number of hydrogen-bond donors (Lipinski definition) is 1. The van der Waals surface area contributed by atoms with E-state index in [1.165, 1.54) is 22.9 Å². The van der Waals surface area contributed by atoms with E-state index in [9.17, 15) is 17.2 Å². The molecule has 0 atom stereocenters. The quantitative estimate of drug-likeness (QED) is 0.589. The molecule has 4 rings (SSSR count). The Bertz CT molecular complexity index is 1240. The van der Waals surface area contributed by atoms with Gasteiger partial charge >= 0.3 is 0 Å². The molecule has 0 aliphatic carbocycles. The van der Waals surface area contributed by atoms with Crippen LogP contribution in [0.1, 0.15) is 23.6 Å². The molecule has 2 N–H and O–H groups in total. The number of benzene rings is 2. The van der Waals surface area contributed by atoms with E-state index in [-0.39, 0.29) is 17.0 Å². The van der Waals surface area contributed by atoms with Gasteiger partial charge in [-0.1, -0.05) is 30.4 Å². The average molecular weight is 445 g/mol. The maximum Gasteiger partial charge on any atom is 0.238 e. The second-order valence-electron chi connectivity index (χ2n) is 7.28. The highest BCUT2D eigenvalue weighted by molar-refractivity contribution is 7.89. The SMILES string of the molecule is NS(=O)(=O)c1ccc(-n2nc(CN3CC=CCC3)nc2Cc2ccccc2F)c(F)c1. The molecule has 2 aromatic carbocycles. The number of rotatable bonds is 6. The monoisotopic (exact) mass is 445 g/mol. The smallest absolute Gasteiger partial charge is 0.238 e. The fourth-order valence-corrected chi connectivity index (χ4v) is 3.97. The first-order valence-corrected chi connectivity index (χ1v) is 11.2. The van der Waals surface area contributed by atoms with Crippen LogP contribution < -0.4 is 5.14 Å². The van der Waals surface area contributed by atoms with E-state index >= 15 is 0 Å². The fraction of sp³-hybridized carbons (Fsp3) is 0.238. The normalized spacial score (nSPS) is 14.8. The standard InChI is InChI=1S/C21H21F2N5O2S/c22-17-7-3-2-6-15(17)12-21-25-20(14-27-10-4-1-5-11-27)26-28(21)19-9-8-16(13-18(19)23)31(24,29)30/h1-4,6-9,13H,5,10-12,14H2,(H2,24,29,30). The first-order valence-electron chi connectivity index (χ1n) is 9.69. The highest BCUT2D eigenvalue weighted by atomic mass is 32.2. The molecule has 0 amide bonds. The van der Waals surface area contributed by atoms with Crippen LogP contribution in [0.15, 0.2) is 59.5 Å². The Labute approximate surface area is 178 Å². The van der Waals surface area contributed by atoms with Crippen molar-refractivity contribution in [3.8, 4) is 5.69 Å². The molecule has 1 aliphatic rings. The van der Waals surface area contributed by atoms with E-state index in [0.29, 0.717) is 23.8 Å². The second kappa shape index (κ2) is 8.66. The first kappa shape index (κ1) is 21.3. The summed E-state index contributed by atoms with van der Waals surface area (Å²) in [5, 5.41) is 9.54. The summed E-state index contributed by atoms with van der Waals surface area (Å²) in [5.74, 6) is -0.407. The first-order chi connectivity index (χ1) is 14.8. The van der Waals surface area contributed by atoms with Crippen molar-refractivity contribution < 1.29 is 17.2 Å². The van der Waals surface area contributed by atoms with Gasteiger partial charge in [-0.25, -0.2) is 32.0 Å². The van der Waals surface area contributed by atoms with Crippen molar-refractivity contribution in [2.75, 3.05) is 13.1 Å². The lowest BCUT2D eigenvalue weighted by Crippen LogP contribution is -2.27. The molecule has 0 saturated carbocycles. The van der Waals surface area contributed by atoms with Gasteiger partial charge in [-0.15, -0.1) is 5.10 Å². The zero-order chi connectivity index (χ0) is 22.0. The van der Waals surface area contributed by atoms with Gasteiger partial charge in [-0.3, -0.25) is 4.90 Å². The highest BCUT2D eigenvalue weighted by Crippen LogP contribution is 2.21. The van der Waals surface area contributed by atoms with E-state index in [0.717, 1.165) is 25.6 Å². The van der Waals surface area contributed by atoms with Crippen molar-refractivity contribution >= 4 is 10.0 Å². The second-order valence-corrected chi connectivity index (χ2v) is 8.84. The Morgan fingerprint density at radius 2 is 1.87 bits per heavy atom. The largest absolute Gasteiger partial charge is 0.292 e. The Kier molecular flexibility index (Phi) is 5.94. The summed E-state index contributed by atoms with van der Waals surface area (Å²) < 4.78 is 53.4. The lowest BCUT2D eigenvalue weighted by Gasteiger charge is -2.20. The molecule has 0 saturated heterocycles. The zero-order valence-electron chi connectivity index (χ0n) is 16.6. The third kappa shape index (κ3) is 4.87. The van der Waals surface area contributed by atoms with Crippen molar-refractivity contribution in [3.63, 3.8) is 0 Å². The molecule has 0 bridgehead atoms. The van der Waals surface area contributed by atoms with Crippen molar-refractivity contribution in [1.82, 2.24) is 19.7 Å². The molecular weight excluding hydrogens is 424 g/mol. The molecule has 0 spiro atoms. The molecular formula is C21H21F2N5O2S. The van der Waals surface area contributed by atoms with Crippen LogP contribution >= 0.6 is 0 Å². The van der Waals surface area contributed by atoms with Crippen LogP contribution in [0.4, 0.5) is 8.78 Å². The summed E-state index contributed by atoms with van der Waals surface area (Å²) in [6.45, 7) is 2.07. The number of nitrogens with two attached hydrogens (primary N) is 1. The van der Waals surface area contributed by atoms with E-state index in [2.05, 4.69) is 27.1 Å². The molecule has 0 fully saturated rings. The van der Waals surface area contributed by atoms with Crippen LogP contribution in [0.5, 0.6) is 0 Å².